The fourth-order valence-electron chi connectivity index (χ4n) is 2.72. The normalized spacial score (nSPS) is 18.3. The van der Waals surface area contributed by atoms with E-state index in [1.165, 1.54) is 6.42 Å². The highest BCUT2D eigenvalue weighted by Crippen LogP contribution is 2.29. The third-order valence-corrected chi connectivity index (χ3v) is 3.80. The van der Waals surface area contributed by atoms with E-state index < -0.39 is 5.54 Å². The van der Waals surface area contributed by atoms with Gasteiger partial charge in [0.05, 0.1) is 5.54 Å². The quantitative estimate of drug-likeness (QED) is 0.891. The molecule has 1 amide bonds. The van der Waals surface area contributed by atoms with E-state index in [1.54, 1.807) is 0 Å². The minimum Gasteiger partial charge on any atom is -0.317 e. The zero-order valence-corrected chi connectivity index (χ0v) is 11.1. The van der Waals surface area contributed by atoms with Gasteiger partial charge >= 0.3 is 0 Å². The lowest BCUT2D eigenvalue weighted by Crippen LogP contribution is -2.56. The van der Waals surface area contributed by atoms with Crippen molar-refractivity contribution in [3.05, 3.63) is 30.3 Å². The number of amides is 1. The van der Waals surface area contributed by atoms with Crippen molar-refractivity contribution in [1.29, 1.82) is 0 Å². The maximum absolute atomic E-state index is 12.7. The zero-order valence-electron chi connectivity index (χ0n) is 11.1. The van der Waals surface area contributed by atoms with E-state index in [0.717, 1.165) is 31.4 Å². The van der Waals surface area contributed by atoms with Gasteiger partial charge in [-0.05, 0) is 31.9 Å². The molecule has 3 nitrogen and oxygen atoms in total. The molecule has 1 aliphatic carbocycles. The Balaban J connectivity index is 2.20. The van der Waals surface area contributed by atoms with E-state index in [4.69, 9.17) is 5.73 Å². The highest BCUT2D eigenvalue weighted by atomic mass is 16.2. The lowest BCUT2D eigenvalue weighted by atomic mass is 9.81. The van der Waals surface area contributed by atoms with Gasteiger partial charge in [0.1, 0.15) is 0 Å². The summed E-state index contributed by atoms with van der Waals surface area (Å²) in [7, 11) is 0. The first-order valence-electron chi connectivity index (χ1n) is 6.83. The molecular weight excluding hydrogens is 224 g/mol. The molecule has 0 radical (unpaired) electrons. The highest BCUT2D eigenvalue weighted by molar-refractivity contribution is 6.00. The van der Waals surface area contributed by atoms with E-state index in [2.05, 4.69) is 0 Å². The van der Waals surface area contributed by atoms with E-state index in [1.807, 2.05) is 42.2 Å². The van der Waals surface area contributed by atoms with Crippen LogP contribution >= 0.6 is 0 Å². The van der Waals surface area contributed by atoms with Crippen molar-refractivity contribution in [1.82, 2.24) is 0 Å². The number of rotatable bonds is 3. The number of hydrogen-bond acceptors (Lipinski definition) is 2. The molecule has 0 atom stereocenters. The summed E-state index contributed by atoms with van der Waals surface area (Å²) in [5, 5.41) is 0. The van der Waals surface area contributed by atoms with Gasteiger partial charge in [-0.1, -0.05) is 37.5 Å². The number of carbonyl (C=O) groups excluding carboxylic acids is 1. The number of likely N-dealkylation sites (N-methyl/N-ethyl adjacent to an activating group) is 1. The van der Waals surface area contributed by atoms with E-state index in [0.29, 0.717) is 6.54 Å². The Labute approximate surface area is 109 Å². The Kier molecular flexibility index (Phi) is 4.02. The van der Waals surface area contributed by atoms with Gasteiger partial charge in [-0.3, -0.25) is 4.79 Å². The Bertz CT molecular complexity index is 396. The van der Waals surface area contributed by atoms with Crippen LogP contribution in [0.4, 0.5) is 5.69 Å². The summed E-state index contributed by atoms with van der Waals surface area (Å²) in [5.41, 5.74) is 6.62. The van der Waals surface area contributed by atoms with Crippen molar-refractivity contribution in [2.24, 2.45) is 5.73 Å². The van der Waals surface area contributed by atoms with Gasteiger partial charge in [-0.2, -0.15) is 0 Å². The maximum atomic E-state index is 12.7. The smallest absolute Gasteiger partial charge is 0.247 e. The molecule has 0 heterocycles. The summed E-state index contributed by atoms with van der Waals surface area (Å²) in [6.07, 6.45) is 4.96. The molecule has 0 saturated heterocycles. The lowest BCUT2D eigenvalue weighted by Gasteiger charge is -2.36. The van der Waals surface area contributed by atoms with Crippen LogP contribution in [0.1, 0.15) is 39.0 Å². The van der Waals surface area contributed by atoms with Crippen molar-refractivity contribution in [2.45, 2.75) is 44.6 Å². The predicted molar refractivity (Wildman–Crippen MR) is 74.5 cm³/mol. The third-order valence-electron chi connectivity index (χ3n) is 3.80. The van der Waals surface area contributed by atoms with Crippen LogP contribution in [-0.4, -0.2) is 18.0 Å². The van der Waals surface area contributed by atoms with Gasteiger partial charge < -0.3 is 10.6 Å². The maximum Gasteiger partial charge on any atom is 0.247 e. The highest BCUT2D eigenvalue weighted by Gasteiger charge is 2.38. The van der Waals surface area contributed by atoms with Gasteiger partial charge in [-0.25, -0.2) is 0 Å². The molecule has 2 N–H and O–H groups in total. The van der Waals surface area contributed by atoms with Gasteiger partial charge in [0.25, 0.3) is 0 Å². The van der Waals surface area contributed by atoms with Crippen LogP contribution in [0.3, 0.4) is 0 Å². The van der Waals surface area contributed by atoms with Crippen molar-refractivity contribution >= 4 is 11.6 Å². The molecule has 0 bridgehead atoms. The topological polar surface area (TPSA) is 46.3 Å². The number of para-hydroxylation sites is 1. The molecule has 1 aliphatic rings. The third kappa shape index (κ3) is 2.56. The van der Waals surface area contributed by atoms with Crippen molar-refractivity contribution in [3.63, 3.8) is 0 Å². The number of carbonyl (C=O) groups is 1. The van der Waals surface area contributed by atoms with E-state index in [9.17, 15) is 4.79 Å². The second kappa shape index (κ2) is 5.53. The Morgan fingerprint density at radius 2 is 1.83 bits per heavy atom. The molecular formula is C15H22N2O. The van der Waals surface area contributed by atoms with Crippen molar-refractivity contribution in [2.75, 3.05) is 11.4 Å². The average Bonchev–Trinajstić information content (AvgIpc) is 2.41. The first kappa shape index (κ1) is 13.1. The molecule has 18 heavy (non-hydrogen) atoms. The predicted octanol–water partition coefficient (Wildman–Crippen LogP) is 2.70. The van der Waals surface area contributed by atoms with Crippen LogP contribution in [0, 0.1) is 0 Å². The Hall–Kier alpha value is -1.35. The summed E-state index contributed by atoms with van der Waals surface area (Å²) in [6.45, 7) is 2.67. The monoisotopic (exact) mass is 246 g/mol. The van der Waals surface area contributed by atoms with Crippen LogP contribution in [0.2, 0.25) is 0 Å². The molecule has 1 aromatic rings. The first-order chi connectivity index (χ1) is 8.67. The largest absolute Gasteiger partial charge is 0.317 e. The molecule has 98 valence electrons. The molecule has 1 saturated carbocycles. The van der Waals surface area contributed by atoms with Crippen LogP contribution in [0.25, 0.3) is 0 Å². The Morgan fingerprint density at radius 1 is 1.22 bits per heavy atom. The van der Waals surface area contributed by atoms with Crippen molar-refractivity contribution in [3.8, 4) is 0 Å². The molecule has 1 fully saturated rings. The fourth-order valence-corrected chi connectivity index (χ4v) is 2.72. The summed E-state index contributed by atoms with van der Waals surface area (Å²) in [5.74, 6) is 0.0795. The molecule has 2 rings (SSSR count). The van der Waals surface area contributed by atoms with Gasteiger partial charge in [-0.15, -0.1) is 0 Å². The second-order valence-electron chi connectivity index (χ2n) is 5.10. The minimum atomic E-state index is -0.649. The molecule has 0 unspecified atom stereocenters. The molecule has 0 aliphatic heterocycles. The minimum absolute atomic E-state index is 0.0795. The van der Waals surface area contributed by atoms with E-state index >= 15 is 0 Å². The zero-order chi connectivity index (χ0) is 13.0. The molecule has 0 spiro atoms. The summed E-state index contributed by atoms with van der Waals surface area (Å²) < 4.78 is 0. The fraction of sp³-hybridized carbons (Fsp3) is 0.533. The van der Waals surface area contributed by atoms with E-state index in [-0.39, 0.29) is 5.91 Å². The second-order valence-corrected chi connectivity index (χ2v) is 5.10. The SMILES string of the molecule is CCN(C(=O)C1(N)CCCCC1)c1ccccc1. The first-order valence-corrected chi connectivity index (χ1v) is 6.83. The lowest BCUT2D eigenvalue weighted by molar-refractivity contribution is -0.124. The van der Waals surface area contributed by atoms with Crippen LogP contribution in [0.15, 0.2) is 30.3 Å². The number of anilines is 1. The van der Waals surface area contributed by atoms with Crippen molar-refractivity contribution < 1.29 is 4.79 Å². The average molecular weight is 246 g/mol. The molecule has 0 aromatic heterocycles. The number of nitrogens with two attached hydrogens (primary N) is 1. The molecule has 3 heteroatoms. The summed E-state index contributed by atoms with van der Waals surface area (Å²) in [6, 6.07) is 9.80. The summed E-state index contributed by atoms with van der Waals surface area (Å²) >= 11 is 0. The van der Waals surface area contributed by atoms with Crippen LogP contribution in [0.5, 0.6) is 0 Å². The number of benzene rings is 1. The van der Waals surface area contributed by atoms with Crippen LogP contribution < -0.4 is 10.6 Å². The Morgan fingerprint density at radius 3 is 2.39 bits per heavy atom. The van der Waals surface area contributed by atoms with Gasteiger partial charge in [0.2, 0.25) is 5.91 Å². The number of nitrogens with zero attached hydrogens (tertiary/aromatic N) is 1. The summed E-state index contributed by atoms with van der Waals surface area (Å²) in [4.78, 5) is 14.5. The van der Waals surface area contributed by atoms with Crippen LogP contribution in [-0.2, 0) is 4.79 Å². The van der Waals surface area contributed by atoms with Gasteiger partial charge in [0.15, 0.2) is 0 Å². The standard InChI is InChI=1S/C15H22N2O/c1-2-17(13-9-5-3-6-10-13)14(18)15(16)11-7-4-8-12-15/h3,5-6,9-10H,2,4,7-8,11-12,16H2,1H3. The van der Waals surface area contributed by atoms with Gasteiger partial charge in [0, 0.05) is 12.2 Å². The number of hydrogen-bond donors (Lipinski definition) is 1. The molecule has 1 aromatic carbocycles.